The monoisotopic (exact) mass is 525 g/mol. The van der Waals surface area contributed by atoms with E-state index in [2.05, 4.69) is 4.98 Å². The van der Waals surface area contributed by atoms with Crippen molar-refractivity contribution in [2.24, 2.45) is 0 Å². The Kier molecular flexibility index (Phi) is 6.53. The van der Waals surface area contributed by atoms with Gasteiger partial charge in [0.25, 0.3) is 0 Å². The molecule has 8 nitrogen and oxygen atoms in total. The van der Waals surface area contributed by atoms with Crippen LogP contribution >= 0.6 is 0 Å². The van der Waals surface area contributed by atoms with Crippen LogP contribution in [0.3, 0.4) is 0 Å². The van der Waals surface area contributed by atoms with Crippen LogP contribution in [-0.4, -0.2) is 48.3 Å². The Balaban J connectivity index is 1.75. The predicted molar refractivity (Wildman–Crippen MR) is 140 cm³/mol. The van der Waals surface area contributed by atoms with Crippen LogP contribution < -0.4 is 15.2 Å². The Bertz CT molecular complexity index is 1640. The number of benzene rings is 2. The summed E-state index contributed by atoms with van der Waals surface area (Å²) in [5.41, 5.74) is 2.04. The van der Waals surface area contributed by atoms with E-state index in [1.54, 1.807) is 47.0 Å². The summed E-state index contributed by atoms with van der Waals surface area (Å²) in [5.74, 6) is 0.254. The van der Waals surface area contributed by atoms with Gasteiger partial charge >= 0.3 is 5.69 Å². The van der Waals surface area contributed by atoms with Crippen LogP contribution in [0.15, 0.2) is 59.5 Å². The molecule has 5 rings (SSSR count). The fourth-order valence-corrected chi connectivity index (χ4v) is 5.62. The number of ether oxygens (including phenoxy) is 2. The molecule has 37 heavy (non-hydrogen) atoms. The number of methoxy groups -OCH3 is 1. The molecule has 0 spiro atoms. The van der Waals surface area contributed by atoms with Gasteiger partial charge in [0.15, 0.2) is 17.1 Å². The zero-order valence-corrected chi connectivity index (χ0v) is 21.7. The van der Waals surface area contributed by atoms with Crippen LogP contribution in [0.5, 0.6) is 11.5 Å². The first-order chi connectivity index (χ1) is 17.7. The van der Waals surface area contributed by atoms with Gasteiger partial charge in [0, 0.05) is 29.6 Å². The number of hydrogen-bond acceptors (Lipinski definition) is 6. The van der Waals surface area contributed by atoms with E-state index in [9.17, 15) is 17.6 Å². The number of pyridine rings is 1. The summed E-state index contributed by atoms with van der Waals surface area (Å²) >= 11 is 0. The van der Waals surface area contributed by atoms with Gasteiger partial charge in [-0.25, -0.2) is 22.6 Å². The van der Waals surface area contributed by atoms with E-state index in [-0.39, 0.29) is 23.3 Å². The third-order valence-electron chi connectivity index (χ3n) is 6.49. The van der Waals surface area contributed by atoms with Crippen molar-refractivity contribution in [1.29, 1.82) is 0 Å². The minimum absolute atomic E-state index is 0.0114. The Morgan fingerprint density at radius 1 is 1.14 bits per heavy atom. The smallest absolute Gasteiger partial charge is 0.331 e. The molecule has 1 unspecified atom stereocenters. The second-order valence-electron chi connectivity index (χ2n) is 9.25. The summed E-state index contributed by atoms with van der Waals surface area (Å²) in [4.78, 5) is 18.5. The number of nitrogens with zero attached hydrogens (tertiary/aromatic N) is 3. The van der Waals surface area contributed by atoms with Gasteiger partial charge in [-0.15, -0.1) is 0 Å². The SMILES string of the molecule is CCOc1cc(C(CS(C)(=O)=O)n2c(=O)n(C3CC3)c3cc(-c4ccccc4F)cnc32)ccc1OC. The van der Waals surface area contributed by atoms with Crippen LogP contribution in [-0.2, 0) is 9.84 Å². The van der Waals surface area contributed by atoms with Crippen LogP contribution in [0.2, 0.25) is 0 Å². The first kappa shape index (κ1) is 25.0. The molecule has 1 aliphatic carbocycles. The molecule has 0 aliphatic heterocycles. The molecule has 0 radical (unpaired) electrons. The van der Waals surface area contributed by atoms with Gasteiger partial charge in [-0.1, -0.05) is 24.3 Å². The van der Waals surface area contributed by atoms with Crippen molar-refractivity contribution in [1.82, 2.24) is 14.1 Å². The molecule has 0 amide bonds. The highest BCUT2D eigenvalue weighted by molar-refractivity contribution is 7.90. The highest BCUT2D eigenvalue weighted by atomic mass is 32.2. The van der Waals surface area contributed by atoms with Crippen molar-refractivity contribution in [3.63, 3.8) is 0 Å². The van der Waals surface area contributed by atoms with Crippen molar-refractivity contribution in [2.75, 3.05) is 25.7 Å². The van der Waals surface area contributed by atoms with Crippen molar-refractivity contribution >= 4 is 21.0 Å². The highest BCUT2D eigenvalue weighted by Gasteiger charge is 2.33. The van der Waals surface area contributed by atoms with E-state index in [1.165, 1.54) is 23.9 Å². The van der Waals surface area contributed by atoms with Gasteiger partial charge in [-0.3, -0.25) is 9.13 Å². The van der Waals surface area contributed by atoms with E-state index >= 15 is 0 Å². The summed E-state index contributed by atoms with van der Waals surface area (Å²) in [6, 6.07) is 12.4. The minimum atomic E-state index is -3.52. The molecule has 1 atom stereocenters. The van der Waals surface area contributed by atoms with Gasteiger partial charge < -0.3 is 9.47 Å². The Hall–Kier alpha value is -3.66. The average Bonchev–Trinajstić information content (AvgIpc) is 3.65. The average molecular weight is 526 g/mol. The lowest BCUT2D eigenvalue weighted by Gasteiger charge is -2.20. The molecule has 0 N–H and O–H groups in total. The van der Waals surface area contributed by atoms with Crippen LogP contribution in [0.25, 0.3) is 22.3 Å². The van der Waals surface area contributed by atoms with E-state index in [1.807, 2.05) is 6.92 Å². The maximum absolute atomic E-state index is 14.5. The molecule has 2 aromatic carbocycles. The molecule has 0 saturated heterocycles. The van der Waals surface area contributed by atoms with E-state index < -0.39 is 15.9 Å². The fraction of sp³-hybridized carbons (Fsp3) is 0.333. The quantitative estimate of drug-likeness (QED) is 0.322. The van der Waals surface area contributed by atoms with Crippen molar-refractivity contribution in [3.05, 3.63) is 76.6 Å². The van der Waals surface area contributed by atoms with Crippen LogP contribution in [0, 0.1) is 5.82 Å². The van der Waals surface area contributed by atoms with Crippen molar-refractivity contribution in [2.45, 2.75) is 31.8 Å². The number of sulfone groups is 1. The first-order valence-corrected chi connectivity index (χ1v) is 14.1. The number of rotatable bonds is 9. The lowest BCUT2D eigenvalue weighted by Crippen LogP contribution is -2.31. The summed E-state index contributed by atoms with van der Waals surface area (Å²) < 4.78 is 53.9. The minimum Gasteiger partial charge on any atom is -0.493 e. The molecule has 4 aromatic rings. The molecule has 2 heterocycles. The van der Waals surface area contributed by atoms with E-state index in [4.69, 9.17) is 9.47 Å². The van der Waals surface area contributed by atoms with Crippen LogP contribution in [0.4, 0.5) is 4.39 Å². The summed E-state index contributed by atoms with van der Waals surface area (Å²) in [5, 5.41) is 0. The molecular formula is C27H28FN3O5S. The molecule has 2 aromatic heterocycles. The normalized spacial score (nSPS) is 14.6. The van der Waals surface area contributed by atoms with Gasteiger partial charge in [-0.05, 0) is 49.6 Å². The maximum atomic E-state index is 14.5. The standard InChI is InChI=1S/C27H28FN3O5S/c1-4-36-25-14-17(9-12-24(25)35-2)23(16-37(3,33)34)31-26-22(30(27(31)32)19-10-11-19)13-18(15-29-26)20-7-5-6-8-21(20)28/h5-9,12-15,19,23H,4,10-11,16H2,1-3H3. The lowest BCUT2D eigenvalue weighted by atomic mass is 10.1. The Morgan fingerprint density at radius 2 is 1.89 bits per heavy atom. The third-order valence-corrected chi connectivity index (χ3v) is 7.41. The molecule has 0 bridgehead atoms. The van der Waals surface area contributed by atoms with E-state index in [0.717, 1.165) is 19.1 Å². The predicted octanol–water partition coefficient (Wildman–Crippen LogP) is 4.38. The summed E-state index contributed by atoms with van der Waals surface area (Å²) in [7, 11) is -1.99. The number of hydrogen-bond donors (Lipinski definition) is 0. The molecular weight excluding hydrogens is 497 g/mol. The van der Waals surface area contributed by atoms with Gasteiger partial charge in [0.05, 0.1) is 31.0 Å². The van der Waals surface area contributed by atoms with Crippen molar-refractivity contribution in [3.8, 4) is 22.6 Å². The fourth-order valence-electron chi connectivity index (χ4n) is 4.70. The molecule has 1 saturated carbocycles. The van der Waals surface area contributed by atoms with Crippen LogP contribution in [0.1, 0.15) is 37.4 Å². The Morgan fingerprint density at radius 3 is 2.54 bits per heavy atom. The topological polar surface area (TPSA) is 92.4 Å². The maximum Gasteiger partial charge on any atom is 0.331 e. The largest absolute Gasteiger partial charge is 0.493 e. The zero-order chi connectivity index (χ0) is 26.3. The van der Waals surface area contributed by atoms with Crippen molar-refractivity contribution < 1.29 is 22.3 Å². The van der Waals surface area contributed by atoms with Gasteiger partial charge in [0.2, 0.25) is 0 Å². The number of halogens is 1. The third kappa shape index (κ3) is 4.85. The highest BCUT2D eigenvalue weighted by Crippen LogP contribution is 2.38. The first-order valence-electron chi connectivity index (χ1n) is 12.1. The number of aromatic nitrogens is 3. The summed E-state index contributed by atoms with van der Waals surface area (Å²) in [6.45, 7) is 2.23. The number of fused-ring (bicyclic) bond motifs is 1. The van der Waals surface area contributed by atoms with Gasteiger partial charge in [0.1, 0.15) is 15.7 Å². The molecule has 194 valence electrons. The molecule has 10 heteroatoms. The second-order valence-corrected chi connectivity index (χ2v) is 11.4. The zero-order valence-electron chi connectivity index (χ0n) is 20.8. The Labute approximate surface area is 214 Å². The van der Waals surface area contributed by atoms with Gasteiger partial charge in [-0.2, -0.15) is 0 Å². The summed E-state index contributed by atoms with van der Waals surface area (Å²) in [6.07, 6.45) is 4.32. The van der Waals surface area contributed by atoms with E-state index in [0.29, 0.717) is 46.0 Å². The number of imidazole rings is 1. The molecule has 1 fully saturated rings. The lowest BCUT2D eigenvalue weighted by molar-refractivity contribution is 0.310. The second kappa shape index (κ2) is 9.66. The molecule has 1 aliphatic rings.